The van der Waals surface area contributed by atoms with Crippen LogP contribution in [0.25, 0.3) is 0 Å². The van der Waals surface area contributed by atoms with Gasteiger partial charge >= 0.3 is 6.09 Å². The lowest BCUT2D eigenvalue weighted by molar-refractivity contribution is 0.155. The molecule has 1 heterocycles. The average Bonchev–Trinajstić information content (AvgIpc) is 2.46. The summed E-state index contributed by atoms with van der Waals surface area (Å²) in [4.78, 5) is 15.7. The van der Waals surface area contributed by atoms with Crippen LogP contribution >= 0.6 is 27.5 Å². The predicted molar refractivity (Wildman–Crippen MR) is 81.9 cm³/mol. The zero-order valence-electron chi connectivity index (χ0n) is 10.7. The van der Waals surface area contributed by atoms with Crippen molar-refractivity contribution in [2.45, 2.75) is 13.5 Å². The standard InChI is InChI=1S/C14H12BrClN2O2/c1-9-11(15)7-17-13(16)12(9)18-14(19)20-8-10-5-3-2-4-6-10/h2-7H,8H2,1H3,(H,18,19). The van der Waals surface area contributed by atoms with Gasteiger partial charge in [-0.05, 0) is 34.0 Å². The number of halogens is 2. The van der Waals surface area contributed by atoms with Gasteiger partial charge in [0, 0.05) is 10.7 Å². The maximum absolute atomic E-state index is 11.8. The van der Waals surface area contributed by atoms with E-state index >= 15 is 0 Å². The fourth-order valence-electron chi connectivity index (χ4n) is 1.56. The third-order valence-electron chi connectivity index (χ3n) is 2.67. The molecule has 0 saturated carbocycles. The number of pyridine rings is 1. The monoisotopic (exact) mass is 354 g/mol. The Hall–Kier alpha value is -1.59. The van der Waals surface area contributed by atoms with Crippen LogP contribution in [0, 0.1) is 6.92 Å². The number of nitrogens with zero attached hydrogens (tertiary/aromatic N) is 1. The van der Waals surface area contributed by atoms with Crippen molar-refractivity contribution < 1.29 is 9.53 Å². The lowest BCUT2D eigenvalue weighted by Gasteiger charge is -2.11. The van der Waals surface area contributed by atoms with Gasteiger partial charge in [0.1, 0.15) is 6.61 Å². The van der Waals surface area contributed by atoms with Crippen LogP contribution in [-0.4, -0.2) is 11.1 Å². The molecule has 0 saturated heterocycles. The van der Waals surface area contributed by atoms with E-state index in [-0.39, 0.29) is 11.8 Å². The topological polar surface area (TPSA) is 51.2 Å². The molecule has 0 aliphatic carbocycles. The van der Waals surface area contributed by atoms with Crippen molar-refractivity contribution in [3.05, 3.63) is 57.3 Å². The fourth-order valence-corrected chi connectivity index (χ4v) is 2.09. The second kappa shape index (κ2) is 6.72. The summed E-state index contributed by atoms with van der Waals surface area (Å²) >= 11 is 9.29. The minimum atomic E-state index is -0.571. The molecule has 2 rings (SSSR count). The van der Waals surface area contributed by atoms with E-state index in [9.17, 15) is 4.79 Å². The second-order valence-electron chi connectivity index (χ2n) is 4.08. The van der Waals surface area contributed by atoms with Gasteiger partial charge in [0.2, 0.25) is 0 Å². The molecule has 0 fully saturated rings. The molecule has 1 amide bonds. The number of ether oxygens (including phenoxy) is 1. The summed E-state index contributed by atoms with van der Waals surface area (Å²) < 4.78 is 5.89. The Kier molecular flexibility index (Phi) is 4.98. The Bertz CT molecular complexity index is 620. The van der Waals surface area contributed by atoms with E-state index in [4.69, 9.17) is 16.3 Å². The maximum atomic E-state index is 11.8. The molecule has 20 heavy (non-hydrogen) atoms. The number of rotatable bonds is 3. The van der Waals surface area contributed by atoms with E-state index in [1.807, 2.05) is 37.3 Å². The molecule has 4 nitrogen and oxygen atoms in total. The summed E-state index contributed by atoms with van der Waals surface area (Å²) in [5.41, 5.74) is 2.15. The summed E-state index contributed by atoms with van der Waals surface area (Å²) in [6, 6.07) is 9.43. The van der Waals surface area contributed by atoms with E-state index in [1.54, 1.807) is 6.20 Å². The van der Waals surface area contributed by atoms with E-state index < -0.39 is 6.09 Å². The molecular formula is C14H12BrClN2O2. The highest BCUT2D eigenvalue weighted by molar-refractivity contribution is 9.10. The Balaban J connectivity index is 2.00. The zero-order chi connectivity index (χ0) is 14.5. The SMILES string of the molecule is Cc1c(Br)cnc(Cl)c1NC(=O)OCc1ccccc1. The minimum absolute atomic E-state index is 0.199. The average molecular weight is 356 g/mol. The number of anilines is 1. The van der Waals surface area contributed by atoms with Crippen LogP contribution in [0.3, 0.4) is 0 Å². The number of benzene rings is 1. The Morgan fingerprint density at radius 1 is 1.40 bits per heavy atom. The first-order valence-corrected chi connectivity index (χ1v) is 7.03. The predicted octanol–water partition coefficient (Wildman–Crippen LogP) is 4.55. The molecule has 1 N–H and O–H groups in total. The second-order valence-corrected chi connectivity index (χ2v) is 5.30. The summed E-state index contributed by atoms with van der Waals surface area (Å²) in [6.45, 7) is 2.02. The summed E-state index contributed by atoms with van der Waals surface area (Å²) in [7, 11) is 0. The molecule has 6 heteroatoms. The van der Waals surface area contributed by atoms with E-state index in [0.29, 0.717) is 5.69 Å². The van der Waals surface area contributed by atoms with Crippen LogP contribution in [0.2, 0.25) is 5.15 Å². The highest BCUT2D eigenvalue weighted by atomic mass is 79.9. The maximum Gasteiger partial charge on any atom is 0.412 e. The minimum Gasteiger partial charge on any atom is -0.444 e. The third-order valence-corrected chi connectivity index (χ3v) is 3.76. The fraction of sp³-hybridized carbons (Fsp3) is 0.143. The first-order chi connectivity index (χ1) is 9.58. The Morgan fingerprint density at radius 2 is 2.10 bits per heavy atom. The summed E-state index contributed by atoms with van der Waals surface area (Å²) in [5.74, 6) is 0. The van der Waals surface area contributed by atoms with Gasteiger partial charge < -0.3 is 4.74 Å². The number of nitrogens with one attached hydrogen (secondary N) is 1. The molecular weight excluding hydrogens is 344 g/mol. The molecule has 1 aromatic heterocycles. The van der Waals surface area contributed by atoms with E-state index in [1.165, 1.54) is 0 Å². The van der Waals surface area contributed by atoms with Crippen molar-refractivity contribution in [2.75, 3.05) is 5.32 Å². The molecule has 0 unspecified atom stereocenters. The molecule has 0 atom stereocenters. The van der Waals surface area contributed by atoms with Gasteiger partial charge in [-0.3, -0.25) is 5.32 Å². The van der Waals surface area contributed by atoms with Crippen molar-refractivity contribution in [1.29, 1.82) is 0 Å². The first-order valence-electron chi connectivity index (χ1n) is 5.86. The van der Waals surface area contributed by atoms with Crippen molar-refractivity contribution in [3.8, 4) is 0 Å². The smallest absolute Gasteiger partial charge is 0.412 e. The molecule has 1 aromatic carbocycles. The summed E-state index contributed by atoms with van der Waals surface area (Å²) in [6.07, 6.45) is 1.01. The van der Waals surface area contributed by atoms with E-state index in [0.717, 1.165) is 15.6 Å². The highest BCUT2D eigenvalue weighted by Gasteiger charge is 2.12. The number of hydrogen-bond acceptors (Lipinski definition) is 3. The van der Waals surface area contributed by atoms with Gasteiger partial charge in [-0.2, -0.15) is 0 Å². The van der Waals surface area contributed by atoms with Crippen LogP contribution in [0.5, 0.6) is 0 Å². The quantitative estimate of drug-likeness (QED) is 0.821. The number of carbonyl (C=O) groups excluding carboxylic acids is 1. The lowest BCUT2D eigenvalue weighted by Crippen LogP contribution is -2.15. The normalized spacial score (nSPS) is 10.2. The van der Waals surface area contributed by atoms with Gasteiger partial charge in [-0.25, -0.2) is 9.78 Å². The Labute approximate surface area is 130 Å². The van der Waals surface area contributed by atoms with Gasteiger partial charge in [-0.15, -0.1) is 0 Å². The van der Waals surface area contributed by atoms with Gasteiger partial charge in [0.15, 0.2) is 5.15 Å². The van der Waals surface area contributed by atoms with Crippen LogP contribution in [0.1, 0.15) is 11.1 Å². The third kappa shape index (κ3) is 3.71. The molecule has 2 aromatic rings. The number of aromatic nitrogens is 1. The first kappa shape index (κ1) is 14.8. The van der Waals surface area contributed by atoms with Crippen LogP contribution in [0.4, 0.5) is 10.5 Å². The van der Waals surface area contributed by atoms with Crippen molar-refractivity contribution in [1.82, 2.24) is 4.98 Å². The highest BCUT2D eigenvalue weighted by Crippen LogP contribution is 2.29. The number of amides is 1. The van der Waals surface area contributed by atoms with Crippen molar-refractivity contribution in [2.24, 2.45) is 0 Å². The number of hydrogen-bond donors (Lipinski definition) is 1. The van der Waals surface area contributed by atoms with Gasteiger partial charge in [-0.1, -0.05) is 41.9 Å². The zero-order valence-corrected chi connectivity index (χ0v) is 13.0. The largest absolute Gasteiger partial charge is 0.444 e. The molecule has 0 aliphatic rings. The molecule has 0 radical (unpaired) electrons. The molecule has 0 bridgehead atoms. The van der Waals surface area contributed by atoms with E-state index in [2.05, 4.69) is 26.2 Å². The molecule has 0 spiro atoms. The Morgan fingerprint density at radius 3 is 2.80 bits per heavy atom. The molecule has 104 valence electrons. The van der Waals surface area contributed by atoms with Crippen molar-refractivity contribution in [3.63, 3.8) is 0 Å². The summed E-state index contributed by atoms with van der Waals surface area (Å²) in [5, 5.41) is 2.83. The van der Waals surface area contributed by atoms with Crippen LogP contribution in [-0.2, 0) is 11.3 Å². The van der Waals surface area contributed by atoms with Gasteiger partial charge in [0.25, 0.3) is 0 Å². The van der Waals surface area contributed by atoms with Crippen LogP contribution in [0.15, 0.2) is 41.0 Å². The van der Waals surface area contributed by atoms with Crippen LogP contribution < -0.4 is 5.32 Å². The lowest BCUT2D eigenvalue weighted by atomic mass is 10.2. The van der Waals surface area contributed by atoms with Gasteiger partial charge in [0.05, 0.1) is 5.69 Å². The van der Waals surface area contributed by atoms with Crippen molar-refractivity contribution >= 4 is 39.3 Å². The number of carbonyl (C=O) groups is 1. The molecule has 0 aliphatic heterocycles.